The summed E-state index contributed by atoms with van der Waals surface area (Å²) in [6.07, 6.45) is 1.96. The number of carbonyl (C=O) groups is 9. The molecule has 0 aliphatic carbocycles. The Morgan fingerprint density at radius 3 is 1.89 bits per heavy atom. The number of H-pyrrole nitrogens is 1. The van der Waals surface area contributed by atoms with Crippen LogP contribution in [0, 0.1) is 0 Å². The third-order valence-corrected chi connectivity index (χ3v) is 12.1. The van der Waals surface area contributed by atoms with Crippen molar-refractivity contribution in [1.29, 1.82) is 0 Å². The zero-order chi connectivity index (χ0) is 54.9. The molecular weight excluding hydrogens is 971 g/mol. The Balaban J connectivity index is 1.77. The van der Waals surface area contributed by atoms with Gasteiger partial charge in [0.25, 0.3) is 0 Å². The van der Waals surface area contributed by atoms with Crippen molar-refractivity contribution in [3.8, 4) is 0 Å². The normalized spacial score (nSPS) is 21.1. The number of fused-ring (bicyclic) bond motifs is 1. The number of aromatic nitrogens is 1. The van der Waals surface area contributed by atoms with Crippen molar-refractivity contribution >= 4 is 76.0 Å². The van der Waals surface area contributed by atoms with E-state index in [1.165, 1.54) is 6.92 Å². The Kier molecular flexibility index (Phi) is 24.2. The number of aromatic amines is 1. The summed E-state index contributed by atoms with van der Waals surface area (Å²) in [4.78, 5) is 136. The molecule has 1 aliphatic heterocycles. The SMILES string of the molecule is CC(=O)N[C@@H](CCCN=C(N)N)C(=O)N[C@H]1CC(=O)NCCCC[C@@H](C(N)=O)NC(=O)[C@H](Cc2c[nH]c3ccccc23)NC(=O)[C@H](CCCN=C(N)N)NC(=O)[C@@H](Cc2ccccc2)NC(=O)[C@H](CCCN)NC1=O. The van der Waals surface area contributed by atoms with Crippen molar-refractivity contribution in [2.24, 2.45) is 44.4 Å². The van der Waals surface area contributed by atoms with E-state index < -0.39 is 102 Å². The number of amides is 9. The first-order chi connectivity index (χ1) is 35.8. The van der Waals surface area contributed by atoms with E-state index in [4.69, 9.17) is 34.4 Å². The summed E-state index contributed by atoms with van der Waals surface area (Å²) in [5, 5.41) is 22.1. The predicted molar refractivity (Wildman–Crippen MR) is 280 cm³/mol. The van der Waals surface area contributed by atoms with E-state index in [1.54, 1.807) is 36.5 Å². The lowest BCUT2D eigenvalue weighted by Crippen LogP contribution is -2.60. The molecule has 2 aromatic carbocycles. The van der Waals surface area contributed by atoms with Crippen LogP contribution in [-0.2, 0) is 56.0 Å². The van der Waals surface area contributed by atoms with Crippen LogP contribution in [0.4, 0.5) is 0 Å². The second-order valence-corrected chi connectivity index (χ2v) is 18.2. The summed E-state index contributed by atoms with van der Waals surface area (Å²) in [7, 11) is 0. The molecule has 0 unspecified atom stereocenters. The van der Waals surface area contributed by atoms with Gasteiger partial charge < -0.3 is 81.9 Å². The quantitative estimate of drug-likeness (QED) is 0.0314. The second-order valence-electron chi connectivity index (χ2n) is 18.2. The molecule has 9 amide bonds. The summed E-state index contributed by atoms with van der Waals surface area (Å²) in [5.41, 5.74) is 35.7. The Labute approximate surface area is 434 Å². The average molecular weight is 1040 g/mol. The Bertz CT molecular complexity index is 2490. The molecule has 7 atom stereocenters. The molecule has 1 fully saturated rings. The Morgan fingerprint density at radius 2 is 1.25 bits per heavy atom. The van der Waals surface area contributed by atoms with Crippen LogP contribution in [0.2, 0.25) is 0 Å². The topological polar surface area (TPSA) is 446 Å². The Morgan fingerprint density at radius 1 is 0.680 bits per heavy atom. The fourth-order valence-electron chi connectivity index (χ4n) is 8.26. The van der Waals surface area contributed by atoms with Gasteiger partial charge in [0, 0.05) is 56.5 Å². The van der Waals surface area contributed by atoms with E-state index >= 15 is 0 Å². The summed E-state index contributed by atoms with van der Waals surface area (Å²) >= 11 is 0. The van der Waals surface area contributed by atoms with Crippen molar-refractivity contribution in [3.63, 3.8) is 0 Å². The summed E-state index contributed by atoms with van der Waals surface area (Å²) in [6, 6.07) is 6.47. The minimum atomic E-state index is -1.62. The maximum absolute atomic E-state index is 14.6. The molecule has 26 nitrogen and oxygen atoms in total. The highest BCUT2D eigenvalue weighted by Crippen LogP contribution is 2.20. The predicted octanol–water partition coefficient (Wildman–Crippen LogP) is -3.61. The molecule has 21 N–H and O–H groups in total. The van der Waals surface area contributed by atoms with Crippen molar-refractivity contribution in [2.45, 2.75) is 126 Å². The minimum absolute atomic E-state index is 0.0229. The molecule has 1 aromatic heterocycles. The number of hydrogen-bond donors (Lipinski definition) is 15. The molecule has 1 saturated heterocycles. The van der Waals surface area contributed by atoms with Gasteiger partial charge in [-0.05, 0) is 81.5 Å². The van der Waals surface area contributed by atoms with E-state index in [2.05, 4.69) is 57.5 Å². The molecular formula is C49H73N17O9. The van der Waals surface area contributed by atoms with Crippen LogP contribution in [0.15, 0.2) is 70.8 Å². The van der Waals surface area contributed by atoms with Crippen LogP contribution in [0.5, 0.6) is 0 Å². The van der Waals surface area contributed by atoms with Crippen LogP contribution < -0.4 is 76.9 Å². The number of benzene rings is 2. The Hall–Kier alpha value is -8.29. The fraction of sp³-hybridized carbons (Fsp3) is 0.490. The van der Waals surface area contributed by atoms with E-state index in [1.807, 2.05) is 24.3 Å². The smallest absolute Gasteiger partial charge is 0.243 e. The third-order valence-electron chi connectivity index (χ3n) is 12.1. The van der Waals surface area contributed by atoms with Crippen LogP contribution in [0.1, 0.15) is 82.3 Å². The second kappa shape index (κ2) is 30.7. The molecule has 0 radical (unpaired) electrons. The molecule has 1 aliphatic rings. The van der Waals surface area contributed by atoms with Gasteiger partial charge in [0.15, 0.2) is 11.9 Å². The number of aliphatic imine (C=N–C) groups is 2. The lowest BCUT2D eigenvalue weighted by molar-refractivity contribution is -0.136. The number of primary amides is 1. The third kappa shape index (κ3) is 20.6. The number of nitrogens with one attached hydrogen (secondary N) is 9. The highest BCUT2D eigenvalue weighted by molar-refractivity contribution is 5.99. The molecule has 26 heteroatoms. The number of nitrogens with two attached hydrogens (primary N) is 6. The van der Waals surface area contributed by atoms with E-state index in [-0.39, 0.29) is 109 Å². The largest absolute Gasteiger partial charge is 0.370 e. The first-order valence-corrected chi connectivity index (χ1v) is 24.9. The van der Waals surface area contributed by atoms with Crippen molar-refractivity contribution in [3.05, 3.63) is 71.9 Å². The van der Waals surface area contributed by atoms with Crippen LogP contribution in [0.3, 0.4) is 0 Å². The van der Waals surface area contributed by atoms with Gasteiger partial charge in [-0.25, -0.2) is 0 Å². The number of guanidine groups is 2. The average Bonchev–Trinajstić information content (AvgIpc) is 3.77. The van der Waals surface area contributed by atoms with Crippen molar-refractivity contribution in [1.82, 2.24) is 47.5 Å². The molecule has 2 heterocycles. The minimum Gasteiger partial charge on any atom is -0.370 e. The highest BCUT2D eigenvalue weighted by atomic mass is 16.2. The molecule has 3 aromatic rings. The van der Waals surface area contributed by atoms with Gasteiger partial charge >= 0.3 is 0 Å². The van der Waals surface area contributed by atoms with Gasteiger partial charge in [-0.1, -0.05) is 48.5 Å². The number of hydrogen-bond acceptors (Lipinski definition) is 12. The zero-order valence-electron chi connectivity index (χ0n) is 42.2. The van der Waals surface area contributed by atoms with E-state index in [0.717, 1.165) is 10.9 Å². The summed E-state index contributed by atoms with van der Waals surface area (Å²) in [6.45, 7) is 1.48. The summed E-state index contributed by atoms with van der Waals surface area (Å²) in [5.74, 6) is -7.51. The van der Waals surface area contributed by atoms with Crippen LogP contribution in [0.25, 0.3) is 10.9 Å². The zero-order valence-corrected chi connectivity index (χ0v) is 42.2. The maximum atomic E-state index is 14.6. The van der Waals surface area contributed by atoms with Crippen LogP contribution in [-0.4, -0.2) is 139 Å². The number of para-hydroxylation sites is 1. The number of carbonyl (C=O) groups excluding carboxylic acids is 9. The maximum Gasteiger partial charge on any atom is 0.243 e. The van der Waals surface area contributed by atoms with Gasteiger partial charge in [-0.2, -0.15) is 0 Å². The first-order valence-electron chi connectivity index (χ1n) is 24.9. The monoisotopic (exact) mass is 1040 g/mol. The molecule has 408 valence electrons. The fourth-order valence-corrected chi connectivity index (χ4v) is 8.26. The van der Waals surface area contributed by atoms with E-state index in [0.29, 0.717) is 11.1 Å². The first kappa shape index (κ1) is 59.3. The lowest BCUT2D eigenvalue weighted by Gasteiger charge is -2.28. The van der Waals surface area contributed by atoms with Gasteiger partial charge in [-0.15, -0.1) is 0 Å². The molecule has 0 saturated carbocycles. The number of rotatable bonds is 19. The van der Waals surface area contributed by atoms with Gasteiger partial charge in [-0.3, -0.25) is 53.1 Å². The number of nitrogens with zero attached hydrogens (tertiary/aromatic N) is 2. The summed E-state index contributed by atoms with van der Waals surface area (Å²) < 4.78 is 0. The molecule has 75 heavy (non-hydrogen) atoms. The molecule has 0 bridgehead atoms. The van der Waals surface area contributed by atoms with Gasteiger partial charge in [0.05, 0.1) is 6.42 Å². The van der Waals surface area contributed by atoms with Gasteiger partial charge in [0.1, 0.15) is 42.3 Å². The van der Waals surface area contributed by atoms with Gasteiger partial charge in [0.2, 0.25) is 53.2 Å². The standard InChI is InChI=1S/C49H73N17O9/c1-28(67)60-34(18-10-22-57-48(52)53)42(70)66-39-26-40(68)56-21-8-7-16-33(41(51)69)61-46(74)38(25-30-27-59-32-15-6-5-14-31(30)32)65-44(72)36(19-11-23-58-49(54)55)63-45(73)37(24-29-12-3-2-4-13-29)64-43(71)35(17-9-20-50)62-47(39)75/h2-6,12-15,27,33-39,59H,7-11,16-26,50H2,1H3,(H2,51,69)(H,56,68)(H,60,67)(H,61,74)(H,62,75)(H,63,73)(H,64,71)(H,65,72)(H,66,70)(H4,52,53,57)(H4,54,55,58)/t33-,34-,35-,36-,37+,38-,39-/m0/s1. The van der Waals surface area contributed by atoms with Crippen LogP contribution >= 0.6 is 0 Å². The van der Waals surface area contributed by atoms with Crippen molar-refractivity contribution in [2.75, 3.05) is 26.2 Å². The van der Waals surface area contributed by atoms with E-state index in [9.17, 15) is 43.2 Å². The molecule has 0 spiro atoms. The highest BCUT2D eigenvalue weighted by Gasteiger charge is 2.35. The lowest BCUT2D eigenvalue weighted by atomic mass is 10.0. The molecule has 4 rings (SSSR count). The van der Waals surface area contributed by atoms with Crippen molar-refractivity contribution < 1.29 is 43.2 Å².